The number of aromatic carboxylic acids is 1. The summed E-state index contributed by atoms with van der Waals surface area (Å²) >= 11 is 0. The zero-order valence-corrected chi connectivity index (χ0v) is 19.1. The molecule has 0 aliphatic carbocycles. The van der Waals surface area contributed by atoms with E-state index in [0.29, 0.717) is 17.7 Å². The second-order valence-corrected chi connectivity index (χ2v) is 8.25. The van der Waals surface area contributed by atoms with E-state index in [1.54, 1.807) is 0 Å². The highest BCUT2D eigenvalue weighted by Crippen LogP contribution is 2.32. The minimum Gasteiger partial charge on any atom is -0.506 e. The van der Waals surface area contributed by atoms with Crippen molar-refractivity contribution in [2.45, 2.75) is 58.9 Å². The number of nitrogens with zero attached hydrogens (tertiary/aromatic N) is 1. The number of H-pyrrole nitrogens is 1. The van der Waals surface area contributed by atoms with Gasteiger partial charge >= 0.3 is 5.97 Å². The summed E-state index contributed by atoms with van der Waals surface area (Å²) < 4.78 is 2.15. The van der Waals surface area contributed by atoms with Gasteiger partial charge in [0.05, 0.1) is 5.69 Å². The number of unbranched alkanes of at least 4 members (excludes halogenated alkanes) is 4. The van der Waals surface area contributed by atoms with Crippen LogP contribution in [0.4, 0.5) is 0 Å². The minimum absolute atomic E-state index is 0.387. The molecule has 3 aromatic rings. The van der Waals surface area contributed by atoms with Crippen LogP contribution in [0, 0.1) is 0 Å². The highest BCUT2D eigenvalue weighted by atomic mass is 16.4. The summed E-state index contributed by atoms with van der Waals surface area (Å²) in [5.74, 6) is -1.90. The van der Waals surface area contributed by atoms with Gasteiger partial charge in [-0.15, -0.1) is 0 Å². The molecular weight excluding hydrogens is 406 g/mol. The SMILES string of the molecule is CCCCCCCNCc1cc2cc(-c3[nH]c(=O)c(C(=O)O)c(O)c3CC)ccc2n1C. The molecule has 4 N–H and O–H groups in total. The van der Waals surface area contributed by atoms with E-state index in [9.17, 15) is 19.8 Å². The lowest BCUT2D eigenvalue weighted by Gasteiger charge is -2.12. The average Bonchev–Trinajstić information content (AvgIpc) is 3.07. The maximum Gasteiger partial charge on any atom is 0.345 e. The van der Waals surface area contributed by atoms with Gasteiger partial charge in [-0.3, -0.25) is 4.79 Å². The van der Waals surface area contributed by atoms with Gasteiger partial charge in [-0.2, -0.15) is 0 Å². The second kappa shape index (κ2) is 10.5. The Kier molecular flexibility index (Phi) is 7.75. The molecule has 2 aromatic heterocycles. The lowest BCUT2D eigenvalue weighted by atomic mass is 9.99. The van der Waals surface area contributed by atoms with Gasteiger partial charge in [-0.05, 0) is 43.1 Å². The van der Waals surface area contributed by atoms with E-state index in [1.165, 1.54) is 37.8 Å². The van der Waals surface area contributed by atoms with E-state index < -0.39 is 22.8 Å². The Labute approximate surface area is 188 Å². The van der Waals surface area contributed by atoms with Crippen molar-refractivity contribution in [1.29, 1.82) is 0 Å². The van der Waals surface area contributed by atoms with Gasteiger partial charge in [0, 0.05) is 35.8 Å². The summed E-state index contributed by atoms with van der Waals surface area (Å²) in [6.07, 6.45) is 6.66. The number of pyridine rings is 1. The summed E-state index contributed by atoms with van der Waals surface area (Å²) in [5.41, 5.74) is 2.42. The number of rotatable bonds is 11. The maximum absolute atomic E-state index is 12.3. The Bertz CT molecular complexity index is 1160. The molecule has 0 radical (unpaired) electrons. The fourth-order valence-corrected chi connectivity index (χ4v) is 4.22. The number of hydrogen-bond donors (Lipinski definition) is 4. The average molecular weight is 440 g/mol. The Morgan fingerprint density at radius 1 is 1.12 bits per heavy atom. The van der Waals surface area contributed by atoms with Gasteiger partial charge < -0.3 is 25.1 Å². The Morgan fingerprint density at radius 2 is 1.88 bits per heavy atom. The zero-order valence-electron chi connectivity index (χ0n) is 19.1. The van der Waals surface area contributed by atoms with Crippen LogP contribution in [-0.4, -0.2) is 32.3 Å². The number of aromatic nitrogens is 2. The quantitative estimate of drug-likeness (QED) is 0.328. The van der Waals surface area contributed by atoms with Gasteiger partial charge in [0.2, 0.25) is 0 Å². The first kappa shape index (κ1) is 23.6. The van der Waals surface area contributed by atoms with E-state index in [4.69, 9.17) is 0 Å². The van der Waals surface area contributed by atoms with Crippen molar-refractivity contribution in [1.82, 2.24) is 14.9 Å². The van der Waals surface area contributed by atoms with Crippen LogP contribution >= 0.6 is 0 Å². The lowest BCUT2D eigenvalue weighted by Crippen LogP contribution is -2.20. The smallest absolute Gasteiger partial charge is 0.345 e. The third-order valence-electron chi connectivity index (χ3n) is 6.05. The summed E-state index contributed by atoms with van der Waals surface area (Å²) in [7, 11) is 2.03. The number of carboxylic acid groups (broad SMARTS) is 1. The third kappa shape index (κ3) is 4.88. The summed E-state index contributed by atoms with van der Waals surface area (Å²) in [6.45, 7) is 5.81. The molecular formula is C25H33N3O4. The lowest BCUT2D eigenvalue weighted by molar-refractivity contribution is 0.0691. The molecule has 2 heterocycles. The van der Waals surface area contributed by atoms with E-state index in [1.807, 2.05) is 32.2 Å². The molecule has 7 heteroatoms. The number of aryl methyl sites for hydroxylation is 1. The highest BCUT2D eigenvalue weighted by Gasteiger charge is 2.22. The maximum atomic E-state index is 12.3. The molecule has 7 nitrogen and oxygen atoms in total. The molecule has 0 saturated heterocycles. The number of hydrogen-bond acceptors (Lipinski definition) is 4. The molecule has 3 rings (SSSR count). The monoisotopic (exact) mass is 439 g/mol. The van der Waals surface area contributed by atoms with Gasteiger partial charge in [-0.1, -0.05) is 45.6 Å². The number of aromatic hydroxyl groups is 1. The predicted molar refractivity (Wildman–Crippen MR) is 127 cm³/mol. The van der Waals surface area contributed by atoms with Crippen LogP contribution in [0.15, 0.2) is 29.1 Å². The molecule has 0 fully saturated rings. The number of nitrogens with one attached hydrogen (secondary N) is 2. The third-order valence-corrected chi connectivity index (χ3v) is 6.05. The fourth-order valence-electron chi connectivity index (χ4n) is 4.22. The van der Waals surface area contributed by atoms with Crippen LogP contribution in [0.2, 0.25) is 0 Å². The summed E-state index contributed by atoms with van der Waals surface area (Å²) in [4.78, 5) is 26.3. The van der Waals surface area contributed by atoms with Crippen molar-refractivity contribution in [2.24, 2.45) is 7.05 Å². The first-order valence-corrected chi connectivity index (χ1v) is 11.4. The molecule has 0 atom stereocenters. The molecule has 0 unspecified atom stereocenters. The first-order chi connectivity index (χ1) is 15.4. The van der Waals surface area contributed by atoms with Gasteiger partial charge in [0.1, 0.15) is 5.75 Å². The van der Waals surface area contributed by atoms with Crippen molar-refractivity contribution in [3.05, 3.63) is 51.4 Å². The van der Waals surface area contributed by atoms with Crippen LogP contribution in [0.25, 0.3) is 22.2 Å². The molecule has 0 saturated carbocycles. The Hall–Kier alpha value is -3.06. The predicted octanol–water partition coefficient (Wildman–Crippen LogP) is 4.56. The molecule has 172 valence electrons. The Balaban J connectivity index is 1.85. The van der Waals surface area contributed by atoms with Crippen LogP contribution in [0.1, 0.15) is 67.6 Å². The zero-order chi connectivity index (χ0) is 23.3. The first-order valence-electron chi connectivity index (χ1n) is 11.4. The Morgan fingerprint density at radius 3 is 2.56 bits per heavy atom. The topological polar surface area (TPSA) is 107 Å². The van der Waals surface area contributed by atoms with Gasteiger partial charge in [-0.25, -0.2) is 4.79 Å². The number of carbonyl (C=O) groups is 1. The normalized spacial score (nSPS) is 11.3. The minimum atomic E-state index is -1.44. The molecule has 32 heavy (non-hydrogen) atoms. The molecule has 0 bridgehead atoms. The van der Waals surface area contributed by atoms with Crippen LogP contribution in [0.5, 0.6) is 5.75 Å². The van der Waals surface area contributed by atoms with Crippen LogP contribution in [-0.2, 0) is 20.0 Å². The van der Waals surface area contributed by atoms with E-state index in [0.717, 1.165) is 29.6 Å². The van der Waals surface area contributed by atoms with Crippen molar-refractivity contribution < 1.29 is 15.0 Å². The van der Waals surface area contributed by atoms with E-state index in [-0.39, 0.29) is 0 Å². The van der Waals surface area contributed by atoms with Crippen molar-refractivity contribution in [2.75, 3.05) is 6.54 Å². The number of aromatic amines is 1. The summed E-state index contributed by atoms with van der Waals surface area (Å²) in [5, 5.41) is 24.2. The molecule has 0 amide bonds. The molecule has 1 aromatic carbocycles. The van der Waals surface area contributed by atoms with Gasteiger partial charge in [0.25, 0.3) is 5.56 Å². The van der Waals surface area contributed by atoms with Crippen molar-refractivity contribution >= 4 is 16.9 Å². The highest BCUT2D eigenvalue weighted by molar-refractivity contribution is 5.92. The number of fused-ring (bicyclic) bond motifs is 1. The molecule has 0 aliphatic rings. The van der Waals surface area contributed by atoms with E-state index in [2.05, 4.69) is 27.9 Å². The largest absolute Gasteiger partial charge is 0.506 e. The molecule has 0 aliphatic heterocycles. The fraction of sp³-hybridized carbons (Fsp3) is 0.440. The van der Waals surface area contributed by atoms with Crippen LogP contribution < -0.4 is 10.9 Å². The van der Waals surface area contributed by atoms with Gasteiger partial charge in [0.15, 0.2) is 5.56 Å². The summed E-state index contributed by atoms with van der Waals surface area (Å²) in [6, 6.07) is 7.96. The second-order valence-electron chi connectivity index (χ2n) is 8.25. The van der Waals surface area contributed by atoms with Crippen molar-refractivity contribution in [3.8, 4) is 17.0 Å². The number of carboxylic acids is 1. The number of benzene rings is 1. The van der Waals surface area contributed by atoms with Crippen molar-refractivity contribution in [3.63, 3.8) is 0 Å². The van der Waals surface area contributed by atoms with Crippen LogP contribution in [0.3, 0.4) is 0 Å². The standard InChI is InChI=1S/C25H33N3O4/c1-4-6-7-8-9-12-26-15-18-14-17-13-16(10-11-20(17)28(18)3)22-19(5-2)23(29)21(25(31)32)24(30)27-22/h10-11,13-14,26H,4-9,12,15H2,1-3H3,(H,31,32)(H2,27,29,30). The molecule has 0 spiro atoms. The van der Waals surface area contributed by atoms with E-state index >= 15 is 0 Å².